The average molecular weight is 273 g/mol. The molecule has 3 rings (SSSR count). The molecule has 1 aromatic carbocycles. The molecule has 0 amide bonds. The van der Waals surface area contributed by atoms with Crippen LogP contribution in [0.25, 0.3) is 11.0 Å². The Balaban J connectivity index is 1.89. The second-order valence-electron chi connectivity index (χ2n) is 6.03. The molecule has 1 aromatic heterocycles. The van der Waals surface area contributed by atoms with Crippen molar-refractivity contribution >= 4 is 11.0 Å². The Morgan fingerprint density at radius 2 is 2.05 bits per heavy atom. The third-order valence-electron chi connectivity index (χ3n) is 4.33. The van der Waals surface area contributed by atoms with Crippen molar-refractivity contribution in [3.63, 3.8) is 0 Å². The van der Waals surface area contributed by atoms with Gasteiger partial charge in [0, 0.05) is 31.1 Å². The molecule has 2 heterocycles. The van der Waals surface area contributed by atoms with Gasteiger partial charge in [0.1, 0.15) is 11.3 Å². The zero-order valence-corrected chi connectivity index (χ0v) is 12.5. The normalized spacial score (nSPS) is 23.3. The van der Waals surface area contributed by atoms with Crippen LogP contribution in [-0.4, -0.2) is 49.6 Å². The molecule has 4 nitrogen and oxygen atoms in total. The minimum Gasteiger partial charge on any atom is -0.459 e. The van der Waals surface area contributed by atoms with Gasteiger partial charge in [-0.05, 0) is 39.2 Å². The Bertz CT molecular complexity index is 607. The van der Waals surface area contributed by atoms with Gasteiger partial charge in [-0.25, -0.2) is 0 Å². The van der Waals surface area contributed by atoms with Crippen molar-refractivity contribution in [3.05, 3.63) is 35.6 Å². The number of fused-ring (bicyclic) bond motifs is 1. The standard InChI is InChI=1S/C16H23N3O/c1-11-4-5-14-12(8-11)9-15(20-14)16(17)13-10-18(2)6-7-19(13)3/h4-5,8-9,13,16H,6-7,10,17H2,1-3H3. The molecule has 108 valence electrons. The Morgan fingerprint density at radius 1 is 1.25 bits per heavy atom. The van der Waals surface area contributed by atoms with Gasteiger partial charge >= 0.3 is 0 Å². The topological polar surface area (TPSA) is 45.6 Å². The number of nitrogens with zero attached hydrogens (tertiary/aromatic N) is 2. The molecule has 0 bridgehead atoms. The van der Waals surface area contributed by atoms with Gasteiger partial charge in [0.2, 0.25) is 0 Å². The van der Waals surface area contributed by atoms with E-state index >= 15 is 0 Å². The zero-order valence-electron chi connectivity index (χ0n) is 12.5. The summed E-state index contributed by atoms with van der Waals surface area (Å²) in [6.45, 7) is 5.22. The van der Waals surface area contributed by atoms with Crippen LogP contribution in [0.4, 0.5) is 0 Å². The third kappa shape index (κ3) is 2.46. The van der Waals surface area contributed by atoms with Gasteiger partial charge in [-0.1, -0.05) is 11.6 Å². The van der Waals surface area contributed by atoms with Crippen molar-refractivity contribution in [2.45, 2.75) is 19.0 Å². The molecule has 0 radical (unpaired) electrons. The van der Waals surface area contributed by atoms with E-state index in [9.17, 15) is 0 Å². The highest BCUT2D eigenvalue weighted by Gasteiger charge is 2.30. The van der Waals surface area contributed by atoms with Crippen LogP contribution in [-0.2, 0) is 0 Å². The van der Waals surface area contributed by atoms with Gasteiger partial charge < -0.3 is 15.1 Å². The SMILES string of the molecule is Cc1ccc2oc(C(N)C3CN(C)CCN3C)cc2c1. The number of furan rings is 1. The molecule has 0 aliphatic carbocycles. The molecule has 1 saturated heterocycles. The van der Waals surface area contributed by atoms with Crippen molar-refractivity contribution in [1.29, 1.82) is 0 Å². The smallest absolute Gasteiger partial charge is 0.134 e. The number of aryl methyl sites for hydroxylation is 1. The lowest BCUT2D eigenvalue weighted by atomic mass is 10.0. The number of likely N-dealkylation sites (N-methyl/N-ethyl adjacent to an activating group) is 2. The zero-order chi connectivity index (χ0) is 14.3. The molecule has 2 N–H and O–H groups in total. The van der Waals surface area contributed by atoms with Gasteiger partial charge in [0.05, 0.1) is 6.04 Å². The molecular weight excluding hydrogens is 250 g/mol. The minimum absolute atomic E-state index is 0.0875. The molecule has 20 heavy (non-hydrogen) atoms. The lowest BCUT2D eigenvalue weighted by Crippen LogP contribution is -2.54. The van der Waals surface area contributed by atoms with Crippen molar-refractivity contribution in [1.82, 2.24) is 9.80 Å². The second-order valence-corrected chi connectivity index (χ2v) is 6.03. The summed E-state index contributed by atoms with van der Waals surface area (Å²) in [5.74, 6) is 0.887. The monoisotopic (exact) mass is 273 g/mol. The van der Waals surface area contributed by atoms with Crippen LogP contribution >= 0.6 is 0 Å². The third-order valence-corrected chi connectivity index (χ3v) is 4.33. The number of rotatable bonds is 2. The Kier molecular flexibility index (Phi) is 3.54. The number of benzene rings is 1. The van der Waals surface area contributed by atoms with E-state index in [-0.39, 0.29) is 6.04 Å². The molecule has 1 aliphatic rings. The van der Waals surface area contributed by atoms with Crippen LogP contribution in [0.15, 0.2) is 28.7 Å². The number of hydrogen-bond acceptors (Lipinski definition) is 4. The first-order valence-electron chi connectivity index (χ1n) is 7.19. The highest BCUT2D eigenvalue weighted by molar-refractivity contribution is 5.78. The number of piperazine rings is 1. The maximum atomic E-state index is 6.46. The van der Waals surface area contributed by atoms with E-state index in [1.54, 1.807) is 0 Å². The lowest BCUT2D eigenvalue weighted by molar-refractivity contribution is 0.0926. The highest BCUT2D eigenvalue weighted by atomic mass is 16.3. The summed E-state index contributed by atoms with van der Waals surface area (Å²) in [7, 11) is 4.29. The molecule has 2 atom stereocenters. The summed E-state index contributed by atoms with van der Waals surface area (Å²) >= 11 is 0. The molecule has 1 aliphatic heterocycles. The quantitative estimate of drug-likeness (QED) is 0.909. The first-order valence-corrected chi connectivity index (χ1v) is 7.19. The fourth-order valence-corrected chi connectivity index (χ4v) is 2.97. The van der Waals surface area contributed by atoms with Crippen molar-refractivity contribution < 1.29 is 4.42 Å². The highest BCUT2D eigenvalue weighted by Crippen LogP contribution is 2.27. The van der Waals surface area contributed by atoms with E-state index in [2.05, 4.69) is 49.0 Å². The van der Waals surface area contributed by atoms with E-state index in [4.69, 9.17) is 10.2 Å². The van der Waals surface area contributed by atoms with Crippen molar-refractivity contribution in [2.75, 3.05) is 33.7 Å². The predicted molar refractivity (Wildman–Crippen MR) is 81.8 cm³/mol. The van der Waals surface area contributed by atoms with Crippen LogP contribution < -0.4 is 5.73 Å². The maximum absolute atomic E-state index is 6.46. The van der Waals surface area contributed by atoms with E-state index in [1.807, 2.05) is 6.07 Å². The van der Waals surface area contributed by atoms with Gasteiger partial charge in [-0.15, -0.1) is 0 Å². The molecule has 0 saturated carbocycles. The van der Waals surface area contributed by atoms with Crippen LogP contribution in [0.2, 0.25) is 0 Å². The van der Waals surface area contributed by atoms with E-state index < -0.39 is 0 Å². The Labute approximate surface area is 120 Å². The van der Waals surface area contributed by atoms with Crippen LogP contribution in [0.5, 0.6) is 0 Å². The largest absolute Gasteiger partial charge is 0.459 e. The fourth-order valence-electron chi connectivity index (χ4n) is 2.97. The number of nitrogens with two attached hydrogens (primary N) is 1. The van der Waals surface area contributed by atoms with Gasteiger partial charge in [-0.2, -0.15) is 0 Å². The van der Waals surface area contributed by atoms with Gasteiger partial charge in [0.25, 0.3) is 0 Å². The first-order chi connectivity index (χ1) is 9.54. The minimum atomic E-state index is -0.0875. The molecule has 4 heteroatoms. The molecule has 2 unspecified atom stereocenters. The van der Waals surface area contributed by atoms with Gasteiger partial charge in [-0.3, -0.25) is 4.90 Å². The van der Waals surface area contributed by atoms with Crippen LogP contribution in [0, 0.1) is 6.92 Å². The number of hydrogen-bond donors (Lipinski definition) is 1. The fraction of sp³-hybridized carbons (Fsp3) is 0.500. The van der Waals surface area contributed by atoms with E-state index in [0.717, 1.165) is 36.4 Å². The summed E-state index contributed by atoms with van der Waals surface area (Å²) < 4.78 is 5.95. The summed E-state index contributed by atoms with van der Waals surface area (Å²) in [6.07, 6.45) is 0. The molecule has 2 aromatic rings. The molecule has 0 spiro atoms. The van der Waals surface area contributed by atoms with E-state index in [0.29, 0.717) is 6.04 Å². The van der Waals surface area contributed by atoms with Gasteiger partial charge in [0.15, 0.2) is 0 Å². The average Bonchev–Trinajstić information content (AvgIpc) is 2.83. The van der Waals surface area contributed by atoms with Crippen molar-refractivity contribution in [3.8, 4) is 0 Å². The second kappa shape index (κ2) is 5.20. The van der Waals surface area contributed by atoms with Crippen LogP contribution in [0.1, 0.15) is 17.4 Å². The lowest BCUT2D eigenvalue weighted by Gasteiger charge is -2.40. The van der Waals surface area contributed by atoms with E-state index in [1.165, 1.54) is 5.56 Å². The molecular formula is C16H23N3O. The first kappa shape index (κ1) is 13.6. The summed E-state index contributed by atoms with van der Waals surface area (Å²) in [4.78, 5) is 4.67. The predicted octanol–water partition coefficient (Wildman–Crippen LogP) is 1.99. The van der Waals surface area contributed by atoms with Crippen LogP contribution in [0.3, 0.4) is 0 Å². The summed E-state index contributed by atoms with van der Waals surface area (Å²) in [5, 5.41) is 1.14. The van der Waals surface area contributed by atoms with Crippen molar-refractivity contribution in [2.24, 2.45) is 5.73 Å². The summed E-state index contributed by atoms with van der Waals surface area (Å²) in [6, 6.07) is 8.55. The Morgan fingerprint density at radius 3 is 2.85 bits per heavy atom. The Hall–Kier alpha value is -1.36. The summed E-state index contributed by atoms with van der Waals surface area (Å²) in [5.41, 5.74) is 8.63. The maximum Gasteiger partial charge on any atom is 0.134 e. The molecule has 1 fully saturated rings.